The highest BCUT2D eigenvalue weighted by Crippen LogP contribution is 2.34. The van der Waals surface area contributed by atoms with Crippen LogP contribution in [0.15, 0.2) is 24.3 Å². The maximum absolute atomic E-state index is 12.0. The lowest BCUT2D eigenvalue weighted by Gasteiger charge is -2.27. The number of Topliss-reactive ketones (excluding diaryl/α,β-unsaturated/α-hetero) is 1. The molecule has 19 heavy (non-hydrogen) atoms. The van der Waals surface area contributed by atoms with Gasteiger partial charge in [0.25, 0.3) is 0 Å². The number of hydrogen-bond donors (Lipinski definition) is 0. The van der Waals surface area contributed by atoms with Gasteiger partial charge in [-0.15, -0.1) is 0 Å². The average molecular weight is 282 g/mol. The minimum absolute atomic E-state index is 0.160. The van der Waals surface area contributed by atoms with E-state index in [2.05, 4.69) is 0 Å². The molecule has 0 radical (unpaired) electrons. The maximum Gasteiger partial charge on any atom is 0.211 e. The van der Waals surface area contributed by atoms with Crippen molar-refractivity contribution in [1.29, 1.82) is 0 Å². The average Bonchev–Trinajstić information content (AvgIpc) is 2.38. The zero-order chi connectivity index (χ0) is 13.8. The topological polar surface area (TPSA) is 60.2 Å². The second-order valence-corrected chi connectivity index (χ2v) is 5.43. The summed E-state index contributed by atoms with van der Waals surface area (Å²) in [5.74, 6) is -0.395. The molecule has 4 nitrogen and oxygen atoms in total. The number of nitro groups is 1. The number of carbonyl (C=O) groups excluding carboxylic acids is 1. The van der Waals surface area contributed by atoms with Gasteiger partial charge in [0.15, 0.2) is 0 Å². The first-order valence-electron chi connectivity index (χ1n) is 6.48. The van der Waals surface area contributed by atoms with Gasteiger partial charge in [0.1, 0.15) is 5.78 Å². The first-order chi connectivity index (χ1) is 9.08. The second kappa shape index (κ2) is 6.15. The molecule has 5 heteroatoms. The number of carbonyl (C=O) groups is 1. The van der Waals surface area contributed by atoms with Gasteiger partial charge in [-0.3, -0.25) is 14.9 Å². The van der Waals surface area contributed by atoms with Crippen LogP contribution in [-0.4, -0.2) is 17.3 Å². The molecule has 0 aliphatic heterocycles. The third-order valence-corrected chi connectivity index (χ3v) is 3.98. The Morgan fingerprint density at radius 3 is 2.58 bits per heavy atom. The summed E-state index contributed by atoms with van der Waals surface area (Å²) in [5, 5.41) is 11.5. The van der Waals surface area contributed by atoms with E-state index >= 15 is 0 Å². The standard InChI is InChI=1S/C14H16ClNO3/c15-11-7-5-10(6-8-11)13(9-16(18)19)12-3-1-2-4-14(12)17/h5-8,12-13H,1-4,9H2/t12?,13-/m1/s1. The maximum atomic E-state index is 12.0. The van der Waals surface area contributed by atoms with Crippen LogP contribution in [0.1, 0.15) is 37.2 Å². The molecular weight excluding hydrogens is 266 g/mol. The molecule has 1 aliphatic carbocycles. The predicted octanol–water partition coefficient (Wildman–Crippen LogP) is 3.46. The third kappa shape index (κ3) is 3.53. The molecule has 1 aromatic carbocycles. The summed E-state index contributed by atoms with van der Waals surface area (Å²) in [5.41, 5.74) is 0.835. The molecule has 1 fully saturated rings. The molecule has 0 N–H and O–H groups in total. The van der Waals surface area contributed by atoms with Crippen molar-refractivity contribution < 1.29 is 9.72 Å². The monoisotopic (exact) mass is 281 g/mol. The van der Waals surface area contributed by atoms with Crippen LogP contribution in [0.3, 0.4) is 0 Å². The summed E-state index contributed by atoms with van der Waals surface area (Å²) < 4.78 is 0. The van der Waals surface area contributed by atoms with E-state index in [-0.39, 0.29) is 29.1 Å². The van der Waals surface area contributed by atoms with Crippen molar-refractivity contribution in [3.63, 3.8) is 0 Å². The van der Waals surface area contributed by atoms with Crippen LogP contribution in [-0.2, 0) is 4.79 Å². The van der Waals surface area contributed by atoms with Crippen molar-refractivity contribution in [3.8, 4) is 0 Å². The van der Waals surface area contributed by atoms with Gasteiger partial charge in [-0.25, -0.2) is 0 Å². The van der Waals surface area contributed by atoms with Crippen LogP contribution < -0.4 is 0 Å². The fourth-order valence-corrected chi connectivity index (χ4v) is 2.90. The molecule has 0 aromatic heterocycles. The Morgan fingerprint density at radius 2 is 2.00 bits per heavy atom. The zero-order valence-electron chi connectivity index (χ0n) is 10.5. The zero-order valence-corrected chi connectivity index (χ0v) is 11.3. The van der Waals surface area contributed by atoms with Crippen molar-refractivity contribution >= 4 is 17.4 Å². The highest BCUT2D eigenvalue weighted by molar-refractivity contribution is 6.30. The van der Waals surface area contributed by atoms with E-state index in [1.165, 1.54) is 0 Å². The molecule has 0 spiro atoms. The number of rotatable bonds is 4. The van der Waals surface area contributed by atoms with Gasteiger partial charge >= 0.3 is 0 Å². The number of ketones is 1. The van der Waals surface area contributed by atoms with Crippen LogP contribution in [0.2, 0.25) is 5.02 Å². The van der Waals surface area contributed by atoms with Crippen LogP contribution in [0.25, 0.3) is 0 Å². The summed E-state index contributed by atoms with van der Waals surface area (Å²) in [4.78, 5) is 22.5. The predicted molar refractivity (Wildman–Crippen MR) is 73.0 cm³/mol. The van der Waals surface area contributed by atoms with Crippen molar-refractivity contribution in [2.75, 3.05) is 6.54 Å². The van der Waals surface area contributed by atoms with Crippen molar-refractivity contribution in [2.24, 2.45) is 5.92 Å². The van der Waals surface area contributed by atoms with Crippen LogP contribution in [0.4, 0.5) is 0 Å². The Bertz CT molecular complexity index is 472. The van der Waals surface area contributed by atoms with E-state index < -0.39 is 0 Å². The highest BCUT2D eigenvalue weighted by Gasteiger charge is 2.34. The Morgan fingerprint density at radius 1 is 1.32 bits per heavy atom. The molecule has 2 rings (SSSR count). The summed E-state index contributed by atoms with van der Waals surface area (Å²) in [6, 6.07) is 7.02. The molecule has 1 unspecified atom stereocenters. The smallest absolute Gasteiger partial charge is 0.211 e. The van der Waals surface area contributed by atoms with Gasteiger partial charge in [0, 0.05) is 22.3 Å². The number of benzene rings is 1. The van der Waals surface area contributed by atoms with Crippen LogP contribution in [0, 0.1) is 16.0 Å². The van der Waals surface area contributed by atoms with Gasteiger partial charge in [-0.2, -0.15) is 0 Å². The molecule has 0 bridgehead atoms. The molecular formula is C14H16ClNO3. The van der Waals surface area contributed by atoms with Gasteiger partial charge in [0.2, 0.25) is 6.54 Å². The van der Waals surface area contributed by atoms with Gasteiger partial charge in [-0.1, -0.05) is 30.2 Å². The van der Waals surface area contributed by atoms with Crippen molar-refractivity contribution in [1.82, 2.24) is 0 Å². The number of halogens is 1. The Labute approximate surface area is 116 Å². The van der Waals surface area contributed by atoms with E-state index in [1.54, 1.807) is 24.3 Å². The lowest BCUT2D eigenvalue weighted by molar-refractivity contribution is -0.484. The van der Waals surface area contributed by atoms with Gasteiger partial charge < -0.3 is 0 Å². The molecule has 0 saturated heterocycles. The number of hydrogen-bond acceptors (Lipinski definition) is 3. The quantitative estimate of drug-likeness (QED) is 0.627. The van der Waals surface area contributed by atoms with Crippen molar-refractivity contribution in [3.05, 3.63) is 45.0 Å². The Balaban J connectivity index is 2.26. The van der Waals surface area contributed by atoms with Crippen molar-refractivity contribution in [2.45, 2.75) is 31.6 Å². The van der Waals surface area contributed by atoms with Crippen LogP contribution in [0.5, 0.6) is 0 Å². The van der Waals surface area contributed by atoms with Crippen LogP contribution >= 0.6 is 11.6 Å². The molecule has 0 heterocycles. The van der Waals surface area contributed by atoms with E-state index in [0.29, 0.717) is 11.4 Å². The van der Waals surface area contributed by atoms with E-state index in [1.807, 2.05) is 0 Å². The lowest BCUT2D eigenvalue weighted by atomic mass is 9.76. The van der Waals surface area contributed by atoms with Gasteiger partial charge in [0.05, 0.1) is 5.92 Å². The lowest BCUT2D eigenvalue weighted by Crippen LogP contribution is -2.30. The van der Waals surface area contributed by atoms with E-state index in [0.717, 1.165) is 24.8 Å². The summed E-state index contributed by atoms with van der Waals surface area (Å²) >= 11 is 5.84. The highest BCUT2D eigenvalue weighted by atomic mass is 35.5. The summed E-state index contributed by atoms with van der Waals surface area (Å²) in [7, 11) is 0. The normalized spacial score (nSPS) is 21.1. The molecule has 1 saturated carbocycles. The first kappa shape index (κ1) is 14.0. The minimum Gasteiger partial charge on any atom is -0.299 e. The second-order valence-electron chi connectivity index (χ2n) is 4.99. The molecule has 0 amide bonds. The molecule has 2 atom stereocenters. The van der Waals surface area contributed by atoms with E-state index in [4.69, 9.17) is 11.6 Å². The molecule has 1 aromatic rings. The Hall–Kier alpha value is -1.42. The number of nitrogens with zero attached hydrogens (tertiary/aromatic N) is 1. The largest absolute Gasteiger partial charge is 0.299 e. The molecule has 102 valence electrons. The first-order valence-corrected chi connectivity index (χ1v) is 6.85. The third-order valence-electron chi connectivity index (χ3n) is 3.73. The summed E-state index contributed by atoms with van der Waals surface area (Å²) in [6.07, 6.45) is 3.17. The van der Waals surface area contributed by atoms with E-state index in [9.17, 15) is 14.9 Å². The summed E-state index contributed by atoms with van der Waals surface area (Å²) in [6.45, 7) is -0.196. The van der Waals surface area contributed by atoms with Gasteiger partial charge in [-0.05, 0) is 30.5 Å². The Kier molecular flexibility index (Phi) is 4.53. The minimum atomic E-state index is -0.333. The fraction of sp³-hybridized carbons (Fsp3) is 0.500. The SMILES string of the molecule is O=C1CCCCC1[C@H](C[N+](=O)[O-])c1ccc(Cl)cc1. The fourth-order valence-electron chi connectivity index (χ4n) is 2.77. The molecule has 1 aliphatic rings.